The maximum absolute atomic E-state index is 12.8. The van der Waals surface area contributed by atoms with Gasteiger partial charge in [0.1, 0.15) is 12.6 Å². The summed E-state index contributed by atoms with van der Waals surface area (Å²) in [5.74, 6) is -0.343. The summed E-state index contributed by atoms with van der Waals surface area (Å²) in [6.07, 6.45) is 2.38. The van der Waals surface area contributed by atoms with Crippen LogP contribution in [0.2, 0.25) is 10.0 Å². The summed E-state index contributed by atoms with van der Waals surface area (Å²) < 4.78 is 4.80. The first kappa shape index (κ1) is 26.0. The molecular formula is C22H25Cl2N3O4S. The molecule has 0 fully saturated rings. The van der Waals surface area contributed by atoms with E-state index in [1.807, 2.05) is 12.3 Å². The number of hydrogen-bond donors (Lipinski definition) is 3. The molecule has 0 aliphatic heterocycles. The first-order valence-corrected chi connectivity index (χ1v) is 11.9. The van der Waals surface area contributed by atoms with E-state index in [1.54, 1.807) is 36.0 Å². The van der Waals surface area contributed by atoms with Gasteiger partial charge in [0.2, 0.25) is 11.8 Å². The van der Waals surface area contributed by atoms with Crippen molar-refractivity contribution in [3.8, 4) is 0 Å². The van der Waals surface area contributed by atoms with Crippen LogP contribution in [0.3, 0.4) is 0 Å². The molecular weight excluding hydrogens is 473 g/mol. The highest BCUT2D eigenvalue weighted by Crippen LogP contribution is 2.21. The highest BCUT2D eigenvalue weighted by atomic mass is 35.5. The summed E-state index contributed by atoms with van der Waals surface area (Å²) in [5, 5.41) is 8.94. The number of carbonyl (C=O) groups excluding carboxylic acids is 3. The van der Waals surface area contributed by atoms with Crippen molar-refractivity contribution in [3.63, 3.8) is 0 Å². The summed E-state index contributed by atoms with van der Waals surface area (Å²) in [6, 6.07) is 10.9. The molecule has 0 saturated carbocycles. The minimum absolute atomic E-state index is 0.0462. The van der Waals surface area contributed by atoms with Crippen molar-refractivity contribution in [1.29, 1.82) is 0 Å². The third-order valence-corrected chi connectivity index (χ3v) is 5.55. The minimum Gasteiger partial charge on any atom is -0.375 e. The van der Waals surface area contributed by atoms with Crippen molar-refractivity contribution in [2.75, 3.05) is 31.0 Å². The number of methoxy groups -OCH3 is 1. The van der Waals surface area contributed by atoms with Crippen molar-refractivity contribution in [1.82, 2.24) is 10.6 Å². The Hall–Kier alpha value is -2.26. The minimum atomic E-state index is -0.730. The van der Waals surface area contributed by atoms with Crippen LogP contribution in [0.1, 0.15) is 22.3 Å². The quantitative estimate of drug-likeness (QED) is 0.439. The lowest BCUT2D eigenvalue weighted by Crippen LogP contribution is -2.47. The van der Waals surface area contributed by atoms with Crippen LogP contribution in [-0.4, -0.2) is 49.5 Å². The van der Waals surface area contributed by atoms with Gasteiger partial charge in [0, 0.05) is 24.4 Å². The lowest BCUT2D eigenvalue weighted by atomic mass is 10.1. The summed E-state index contributed by atoms with van der Waals surface area (Å²) in [6.45, 7) is 0.190. The SMILES string of the molecule is COCC(=O)Nc1cccc(CNC(=O)C(CCSC)NC(=O)c2ccc(Cl)cc2Cl)c1. The van der Waals surface area contributed by atoms with Crippen molar-refractivity contribution in [2.24, 2.45) is 0 Å². The molecule has 0 aromatic heterocycles. The predicted molar refractivity (Wildman–Crippen MR) is 130 cm³/mol. The molecule has 32 heavy (non-hydrogen) atoms. The van der Waals surface area contributed by atoms with E-state index in [9.17, 15) is 14.4 Å². The third-order valence-electron chi connectivity index (χ3n) is 4.36. The molecule has 0 aliphatic rings. The van der Waals surface area contributed by atoms with Crippen LogP contribution in [-0.2, 0) is 20.9 Å². The second-order valence-electron chi connectivity index (χ2n) is 6.83. The van der Waals surface area contributed by atoms with Crippen LogP contribution in [0, 0.1) is 0 Å². The number of rotatable bonds is 11. The number of benzene rings is 2. The smallest absolute Gasteiger partial charge is 0.253 e. The first-order chi connectivity index (χ1) is 15.3. The van der Waals surface area contributed by atoms with Crippen LogP contribution in [0.5, 0.6) is 0 Å². The fraction of sp³-hybridized carbons (Fsp3) is 0.318. The normalized spacial score (nSPS) is 11.5. The number of nitrogens with one attached hydrogen (secondary N) is 3. The Balaban J connectivity index is 2.02. The van der Waals surface area contributed by atoms with Gasteiger partial charge in [-0.25, -0.2) is 0 Å². The molecule has 3 N–H and O–H groups in total. The number of anilines is 1. The van der Waals surface area contributed by atoms with Crippen molar-refractivity contribution in [3.05, 3.63) is 63.6 Å². The van der Waals surface area contributed by atoms with E-state index >= 15 is 0 Å². The maximum atomic E-state index is 12.8. The molecule has 2 aromatic rings. The standard InChI is InChI=1S/C22H25Cl2N3O4S/c1-31-13-20(28)26-16-5-3-4-14(10-16)12-25-22(30)19(8-9-32-2)27-21(29)17-7-6-15(23)11-18(17)24/h3-7,10-11,19H,8-9,12-13H2,1-2H3,(H,25,30)(H,26,28)(H,27,29). The van der Waals surface area contributed by atoms with Crippen molar-refractivity contribution >= 4 is 58.4 Å². The van der Waals surface area contributed by atoms with E-state index < -0.39 is 11.9 Å². The summed E-state index contributed by atoms with van der Waals surface area (Å²) >= 11 is 13.6. The molecule has 2 rings (SSSR count). The van der Waals surface area contributed by atoms with Crippen LogP contribution in [0.15, 0.2) is 42.5 Å². The molecule has 1 atom stereocenters. The fourth-order valence-corrected chi connectivity index (χ4v) is 3.78. The average Bonchev–Trinajstić information content (AvgIpc) is 2.75. The third kappa shape index (κ3) is 8.35. The van der Waals surface area contributed by atoms with E-state index in [-0.39, 0.29) is 35.6 Å². The Bertz CT molecular complexity index is 959. The van der Waals surface area contributed by atoms with Gasteiger partial charge in [-0.05, 0) is 54.3 Å². The van der Waals surface area contributed by atoms with Crippen molar-refractivity contribution < 1.29 is 19.1 Å². The van der Waals surface area contributed by atoms with E-state index in [0.29, 0.717) is 22.9 Å². The van der Waals surface area contributed by atoms with E-state index in [0.717, 1.165) is 5.56 Å². The molecule has 172 valence electrons. The van der Waals surface area contributed by atoms with E-state index in [4.69, 9.17) is 27.9 Å². The molecule has 0 saturated heterocycles. The number of halogens is 2. The van der Waals surface area contributed by atoms with Gasteiger partial charge in [-0.2, -0.15) is 11.8 Å². The number of hydrogen-bond acceptors (Lipinski definition) is 5. The van der Waals surface area contributed by atoms with Gasteiger partial charge in [-0.1, -0.05) is 35.3 Å². The molecule has 1 unspecified atom stereocenters. The van der Waals surface area contributed by atoms with Crippen LogP contribution >= 0.6 is 35.0 Å². The predicted octanol–water partition coefficient (Wildman–Crippen LogP) is 3.75. The Labute approximate surface area is 201 Å². The number of ether oxygens (including phenoxy) is 1. The lowest BCUT2D eigenvalue weighted by Gasteiger charge is -2.19. The largest absolute Gasteiger partial charge is 0.375 e. The molecule has 2 aromatic carbocycles. The summed E-state index contributed by atoms with van der Waals surface area (Å²) in [7, 11) is 1.44. The molecule has 0 radical (unpaired) electrons. The molecule has 0 spiro atoms. The highest BCUT2D eigenvalue weighted by Gasteiger charge is 2.22. The fourth-order valence-electron chi connectivity index (χ4n) is 2.81. The summed E-state index contributed by atoms with van der Waals surface area (Å²) in [5.41, 5.74) is 1.64. The second-order valence-corrected chi connectivity index (χ2v) is 8.66. The maximum Gasteiger partial charge on any atom is 0.253 e. The Morgan fingerprint density at radius 2 is 1.91 bits per heavy atom. The number of carbonyl (C=O) groups is 3. The zero-order valence-electron chi connectivity index (χ0n) is 17.7. The lowest BCUT2D eigenvalue weighted by molar-refractivity contribution is -0.123. The Morgan fingerprint density at radius 1 is 1.12 bits per heavy atom. The average molecular weight is 498 g/mol. The second kappa shape index (κ2) is 13.3. The molecule has 0 heterocycles. The van der Waals surface area contributed by atoms with Crippen molar-refractivity contribution in [2.45, 2.75) is 19.0 Å². The Morgan fingerprint density at radius 3 is 2.59 bits per heavy atom. The topological polar surface area (TPSA) is 96.5 Å². The van der Waals surface area contributed by atoms with Gasteiger partial charge in [-0.15, -0.1) is 0 Å². The van der Waals surface area contributed by atoms with Gasteiger partial charge >= 0.3 is 0 Å². The van der Waals surface area contributed by atoms with E-state index in [2.05, 4.69) is 16.0 Å². The number of amides is 3. The van der Waals surface area contributed by atoms with Crippen LogP contribution in [0.4, 0.5) is 5.69 Å². The van der Waals surface area contributed by atoms with Crippen LogP contribution in [0.25, 0.3) is 0 Å². The number of thioether (sulfide) groups is 1. The molecule has 0 aliphatic carbocycles. The van der Waals surface area contributed by atoms with Crippen LogP contribution < -0.4 is 16.0 Å². The molecule has 3 amide bonds. The first-order valence-electron chi connectivity index (χ1n) is 9.74. The van der Waals surface area contributed by atoms with Gasteiger partial charge < -0.3 is 20.7 Å². The molecule has 0 bridgehead atoms. The zero-order chi connectivity index (χ0) is 23.5. The van der Waals surface area contributed by atoms with Gasteiger partial charge in [0.25, 0.3) is 5.91 Å². The molecule has 7 nitrogen and oxygen atoms in total. The summed E-state index contributed by atoms with van der Waals surface area (Å²) in [4.78, 5) is 37.1. The van der Waals surface area contributed by atoms with Gasteiger partial charge in [0.05, 0.1) is 10.6 Å². The highest BCUT2D eigenvalue weighted by molar-refractivity contribution is 7.98. The zero-order valence-corrected chi connectivity index (χ0v) is 20.1. The monoisotopic (exact) mass is 497 g/mol. The van der Waals surface area contributed by atoms with E-state index in [1.165, 1.54) is 19.2 Å². The van der Waals surface area contributed by atoms with Gasteiger partial charge in [0.15, 0.2) is 0 Å². The van der Waals surface area contributed by atoms with Gasteiger partial charge in [-0.3, -0.25) is 14.4 Å². The Kier molecular flexibility index (Phi) is 10.8. The molecule has 10 heteroatoms.